The van der Waals surface area contributed by atoms with E-state index in [0.717, 1.165) is 17.3 Å². The van der Waals surface area contributed by atoms with Crippen molar-refractivity contribution in [2.45, 2.75) is 19.3 Å². The summed E-state index contributed by atoms with van der Waals surface area (Å²) in [6.07, 6.45) is 3.87. The molecule has 6 heteroatoms. The molecule has 0 saturated heterocycles. The summed E-state index contributed by atoms with van der Waals surface area (Å²) in [7, 11) is 0. The molecule has 0 amide bonds. The van der Waals surface area contributed by atoms with Crippen LogP contribution in [0.4, 0.5) is 0 Å². The van der Waals surface area contributed by atoms with Crippen LogP contribution in [0.1, 0.15) is 18.7 Å². The topological polar surface area (TPSA) is 68.9 Å². The zero-order chi connectivity index (χ0) is 12.5. The molecule has 1 aliphatic rings. The van der Waals surface area contributed by atoms with Crippen LogP contribution in [0.15, 0.2) is 27.3 Å². The molecule has 2 aromatic rings. The minimum atomic E-state index is 0.185. The highest BCUT2D eigenvalue weighted by atomic mass is 79.9. The molecular formula is C12H10BrN3O2. The van der Waals surface area contributed by atoms with Crippen LogP contribution in [0.2, 0.25) is 0 Å². The van der Waals surface area contributed by atoms with Gasteiger partial charge in [-0.15, -0.1) is 0 Å². The average molecular weight is 308 g/mol. The smallest absolute Gasteiger partial charge is 0.234 e. The number of Topliss-reactive ketones (excluding diaryl/α,β-unsaturated/α-hetero) is 1. The number of hydrogen-bond donors (Lipinski definition) is 0. The maximum atomic E-state index is 11.6. The lowest BCUT2D eigenvalue weighted by Crippen LogP contribution is -2.04. The lowest BCUT2D eigenvalue weighted by Gasteiger charge is -1.95. The number of aromatic nitrogens is 3. The number of carbonyl (C=O) groups is 1. The van der Waals surface area contributed by atoms with Crippen molar-refractivity contribution in [2.24, 2.45) is 5.92 Å². The first-order chi connectivity index (χ1) is 8.74. The summed E-state index contributed by atoms with van der Waals surface area (Å²) in [5, 5.41) is 3.85. The molecule has 18 heavy (non-hydrogen) atoms. The second-order valence-electron chi connectivity index (χ2n) is 4.26. The Morgan fingerprint density at radius 1 is 1.50 bits per heavy atom. The van der Waals surface area contributed by atoms with Crippen LogP contribution in [0.5, 0.6) is 0 Å². The van der Waals surface area contributed by atoms with Gasteiger partial charge in [0.05, 0.1) is 6.42 Å². The Hall–Kier alpha value is -1.56. The van der Waals surface area contributed by atoms with Gasteiger partial charge in [0, 0.05) is 16.6 Å². The minimum absolute atomic E-state index is 0.185. The number of carbonyl (C=O) groups excluding carboxylic acids is 1. The first-order valence-corrected chi connectivity index (χ1v) is 6.49. The quantitative estimate of drug-likeness (QED) is 0.867. The largest absolute Gasteiger partial charge is 0.338 e. The van der Waals surface area contributed by atoms with Gasteiger partial charge in [-0.3, -0.25) is 9.78 Å². The summed E-state index contributed by atoms with van der Waals surface area (Å²) in [6, 6.07) is 3.67. The molecule has 0 radical (unpaired) electrons. The summed E-state index contributed by atoms with van der Waals surface area (Å²) >= 11 is 3.38. The van der Waals surface area contributed by atoms with Gasteiger partial charge in [0.25, 0.3) is 0 Å². The summed E-state index contributed by atoms with van der Waals surface area (Å²) in [4.78, 5) is 20.0. The highest BCUT2D eigenvalue weighted by Crippen LogP contribution is 2.31. The first-order valence-electron chi connectivity index (χ1n) is 5.70. The van der Waals surface area contributed by atoms with Gasteiger partial charge in [0.15, 0.2) is 0 Å². The number of hydrogen-bond acceptors (Lipinski definition) is 5. The van der Waals surface area contributed by atoms with E-state index < -0.39 is 0 Å². The lowest BCUT2D eigenvalue weighted by atomic mass is 10.2. The number of pyridine rings is 1. The summed E-state index contributed by atoms with van der Waals surface area (Å²) in [5.74, 6) is 1.16. The van der Waals surface area contributed by atoms with E-state index in [2.05, 4.69) is 31.1 Å². The van der Waals surface area contributed by atoms with Gasteiger partial charge in [-0.25, -0.2) is 0 Å². The van der Waals surface area contributed by atoms with Crippen LogP contribution >= 0.6 is 15.9 Å². The molecule has 1 fully saturated rings. The molecule has 1 aliphatic carbocycles. The maximum absolute atomic E-state index is 11.6. The van der Waals surface area contributed by atoms with Gasteiger partial charge in [-0.1, -0.05) is 5.16 Å². The van der Waals surface area contributed by atoms with Crippen LogP contribution in [-0.2, 0) is 11.2 Å². The van der Waals surface area contributed by atoms with Crippen molar-refractivity contribution in [3.05, 3.63) is 28.7 Å². The molecule has 0 N–H and O–H groups in total. The van der Waals surface area contributed by atoms with E-state index in [9.17, 15) is 4.79 Å². The standard InChI is InChI=1S/C12H10BrN3O2/c13-8-2-1-5-14-11(8)12-15-10(18-16-12)6-9(17)7-3-4-7/h1-2,5,7H,3-4,6H2. The fraction of sp³-hybridized carbons (Fsp3) is 0.333. The molecule has 0 aliphatic heterocycles. The van der Waals surface area contributed by atoms with Crippen LogP contribution in [-0.4, -0.2) is 20.9 Å². The van der Waals surface area contributed by atoms with Crippen LogP contribution in [0, 0.1) is 5.92 Å². The Bertz CT molecular complexity index is 593. The predicted octanol–water partition coefficient (Wildman–Crippen LogP) is 2.42. The summed E-state index contributed by atoms with van der Waals surface area (Å²) in [6.45, 7) is 0. The van der Waals surface area contributed by atoms with Crippen molar-refractivity contribution in [1.29, 1.82) is 0 Å². The Morgan fingerprint density at radius 3 is 3.06 bits per heavy atom. The molecule has 1 saturated carbocycles. The van der Waals surface area contributed by atoms with Crippen LogP contribution in [0.3, 0.4) is 0 Å². The summed E-state index contributed by atoms with van der Waals surface area (Å²) in [5.41, 5.74) is 0.617. The van der Waals surface area contributed by atoms with E-state index in [1.807, 2.05) is 12.1 Å². The second-order valence-corrected chi connectivity index (χ2v) is 5.12. The van der Waals surface area contributed by atoms with Crippen molar-refractivity contribution in [3.63, 3.8) is 0 Å². The Kier molecular flexibility index (Phi) is 2.95. The van der Waals surface area contributed by atoms with Crippen LogP contribution in [0.25, 0.3) is 11.5 Å². The zero-order valence-corrected chi connectivity index (χ0v) is 11.1. The molecule has 0 unspecified atom stereocenters. The van der Waals surface area contributed by atoms with Crippen molar-refractivity contribution >= 4 is 21.7 Å². The van der Waals surface area contributed by atoms with Gasteiger partial charge in [0.1, 0.15) is 11.5 Å². The third-order valence-corrected chi connectivity index (χ3v) is 3.44. The highest BCUT2D eigenvalue weighted by Gasteiger charge is 2.30. The first kappa shape index (κ1) is 11.5. The number of nitrogens with zero attached hydrogens (tertiary/aromatic N) is 3. The molecule has 2 aromatic heterocycles. The molecular weight excluding hydrogens is 298 g/mol. The molecule has 0 aromatic carbocycles. The van der Waals surface area contributed by atoms with E-state index in [1.165, 1.54) is 0 Å². The molecule has 0 bridgehead atoms. The molecule has 0 atom stereocenters. The van der Waals surface area contributed by atoms with E-state index >= 15 is 0 Å². The van der Waals surface area contributed by atoms with Crippen molar-refractivity contribution in [1.82, 2.24) is 15.1 Å². The third kappa shape index (κ3) is 2.33. The van der Waals surface area contributed by atoms with E-state index in [4.69, 9.17) is 4.52 Å². The summed E-state index contributed by atoms with van der Waals surface area (Å²) < 4.78 is 5.88. The second kappa shape index (κ2) is 4.61. The van der Waals surface area contributed by atoms with Gasteiger partial charge < -0.3 is 4.52 Å². The molecule has 3 rings (SSSR count). The van der Waals surface area contributed by atoms with E-state index in [0.29, 0.717) is 17.4 Å². The van der Waals surface area contributed by atoms with Crippen molar-refractivity contribution in [3.8, 4) is 11.5 Å². The maximum Gasteiger partial charge on any atom is 0.234 e. The Labute approximate surface area is 112 Å². The molecule has 92 valence electrons. The predicted molar refractivity (Wildman–Crippen MR) is 66.7 cm³/mol. The lowest BCUT2D eigenvalue weighted by molar-refractivity contribution is -0.119. The van der Waals surface area contributed by atoms with Crippen LogP contribution < -0.4 is 0 Å². The van der Waals surface area contributed by atoms with E-state index in [-0.39, 0.29) is 18.1 Å². The number of halogens is 1. The highest BCUT2D eigenvalue weighted by molar-refractivity contribution is 9.10. The fourth-order valence-corrected chi connectivity index (χ4v) is 2.10. The molecule has 5 nitrogen and oxygen atoms in total. The van der Waals surface area contributed by atoms with Gasteiger partial charge >= 0.3 is 0 Å². The van der Waals surface area contributed by atoms with Gasteiger partial charge in [-0.2, -0.15) is 4.98 Å². The van der Waals surface area contributed by atoms with Crippen molar-refractivity contribution < 1.29 is 9.32 Å². The zero-order valence-electron chi connectivity index (χ0n) is 9.47. The molecule has 0 spiro atoms. The normalized spacial score (nSPS) is 14.7. The minimum Gasteiger partial charge on any atom is -0.338 e. The third-order valence-electron chi connectivity index (χ3n) is 2.80. The van der Waals surface area contributed by atoms with Gasteiger partial charge in [-0.05, 0) is 40.9 Å². The monoisotopic (exact) mass is 307 g/mol. The molecule has 2 heterocycles. The van der Waals surface area contributed by atoms with E-state index in [1.54, 1.807) is 6.20 Å². The average Bonchev–Trinajstić information content (AvgIpc) is 3.12. The fourth-order valence-electron chi connectivity index (χ4n) is 1.67. The Morgan fingerprint density at radius 2 is 2.33 bits per heavy atom. The number of ketones is 1. The SMILES string of the molecule is O=C(Cc1nc(-c2ncccc2Br)no1)C1CC1. The Balaban J connectivity index is 1.80. The van der Waals surface area contributed by atoms with Gasteiger partial charge in [0.2, 0.25) is 11.7 Å². The number of rotatable bonds is 4. The van der Waals surface area contributed by atoms with Crippen molar-refractivity contribution in [2.75, 3.05) is 0 Å².